The van der Waals surface area contributed by atoms with Crippen LogP contribution < -0.4 is 5.32 Å². The van der Waals surface area contributed by atoms with Crippen molar-refractivity contribution in [2.45, 2.75) is 37.9 Å². The molecule has 0 aliphatic carbocycles. The molecular formula is C23H27N5OS. The molecule has 1 aromatic heterocycles. The van der Waals surface area contributed by atoms with E-state index in [9.17, 15) is 4.79 Å². The summed E-state index contributed by atoms with van der Waals surface area (Å²) < 4.78 is 2.08. The number of para-hydroxylation sites is 2. The Morgan fingerprint density at radius 1 is 1.00 bits per heavy atom. The van der Waals surface area contributed by atoms with E-state index in [-0.39, 0.29) is 11.7 Å². The van der Waals surface area contributed by atoms with Crippen LogP contribution in [-0.4, -0.2) is 44.4 Å². The van der Waals surface area contributed by atoms with E-state index in [0.717, 1.165) is 47.6 Å². The fourth-order valence-electron chi connectivity index (χ4n) is 3.68. The van der Waals surface area contributed by atoms with Crippen LogP contribution >= 0.6 is 11.8 Å². The SMILES string of the molecule is Cc1ccccc1NC(=O)CSc1nnc(CN2CCCCC2)n1-c1ccccc1. The molecule has 0 unspecified atom stereocenters. The van der Waals surface area contributed by atoms with Crippen LogP contribution in [0.25, 0.3) is 5.69 Å². The zero-order valence-corrected chi connectivity index (χ0v) is 18.1. The molecule has 1 fully saturated rings. The number of carbonyl (C=O) groups is 1. The molecule has 1 aliphatic rings. The molecule has 3 aromatic rings. The number of nitrogens with one attached hydrogen (secondary N) is 1. The van der Waals surface area contributed by atoms with Gasteiger partial charge < -0.3 is 5.32 Å². The van der Waals surface area contributed by atoms with E-state index >= 15 is 0 Å². The molecule has 6 nitrogen and oxygen atoms in total. The third kappa shape index (κ3) is 5.09. The predicted octanol–water partition coefficient (Wildman–Crippen LogP) is 4.29. The number of aryl methyl sites for hydroxylation is 1. The summed E-state index contributed by atoms with van der Waals surface area (Å²) in [5.41, 5.74) is 2.92. The van der Waals surface area contributed by atoms with Gasteiger partial charge in [-0.2, -0.15) is 0 Å². The standard InChI is InChI=1S/C23H27N5OS/c1-18-10-6-7-13-20(18)24-22(29)17-30-23-26-25-21(16-27-14-8-3-9-15-27)28(23)19-11-4-2-5-12-19/h2,4-7,10-13H,3,8-9,14-17H2,1H3,(H,24,29). The van der Waals surface area contributed by atoms with Crippen molar-refractivity contribution in [2.75, 3.05) is 24.2 Å². The number of hydrogen-bond donors (Lipinski definition) is 1. The second-order valence-electron chi connectivity index (χ2n) is 7.56. The molecule has 1 amide bonds. The average Bonchev–Trinajstić information content (AvgIpc) is 3.17. The largest absolute Gasteiger partial charge is 0.325 e. The van der Waals surface area contributed by atoms with Gasteiger partial charge in [0.05, 0.1) is 12.3 Å². The van der Waals surface area contributed by atoms with Gasteiger partial charge in [-0.1, -0.05) is 54.6 Å². The molecule has 4 rings (SSSR count). The van der Waals surface area contributed by atoms with E-state index in [4.69, 9.17) is 0 Å². The zero-order valence-electron chi connectivity index (χ0n) is 17.3. The minimum atomic E-state index is -0.0468. The number of likely N-dealkylation sites (tertiary alicyclic amines) is 1. The van der Waals surface area contributed by atoms with E-state index in [1.165, 1.54) is 31.0 Å². The van der Waals surface area contributed by atoms with Crippen molar-refractivity contribution in [3.63, 3.8) is 0 Å². The van der Waals surface area contributed by atoms with Crippen LogP contribution in [0.5, 0.6) is 0 Å². The van der Waals surface area contributed by atoms with Crippen LogP contribution in [0.1, 0.15) is 30.7 Å². The number of anilines is 1. The Bertz CT molecular complexity index is 982. The summed E-state index contributed by atoms with van der Waals surface area (Å²) in [6.45, 7) is 4.96. The lowest BCUT2D eigenvalue weighted by Gasteiger charge is -2.26. The highest BCUT2D eigenvalue weighted by atomic mass is 32.2. The molecule has 0 saturated carbocycles. The van der Waals surface area contributed by atoms with Gasteiger partial charge in [0.1, 0.15) is 0 Å². The summed E-state index contributed by atoms with van der Waals surface area (Å²) in [6.07, 6.45) is 3.78. The number of hydrogen-bond acceptors (Lipinski definition) is 5. The van der Waals surface area contributed by atoms with E-state index in [1.54, 1.807) is 0 Å². The molecular weight excluding hydrogens is 394 g/mol. The predicted molar refractivity (Wildman–Crippen MR) is 121 cm³/mol. The van der Waals surface area contributed by atoms with E-state index in [2.05, 4.69) is 37.1 Å². The number of aromatic nitrogens is 3. The summed E-state index contributed by atoms with van der Waals surface area (Å²) in [6, 6.07) is 17.9. The van der Waals surface area contributed by atoms with Crippen molar-refractivity contribution >= 4 is 23.4 Å². The van der Waals surface area contributed by atoms with Gasteiger partial charge in [0, 0.05) is 11.4 Å². The summed E-state index contributed by atoms with van der Waals surface area (Å²) in [5, 5.41) is 12.6. The molecule has 0 atom stereocenters. The van der Waals surface area contributed by atoms with E-state index in [1.807, 2.05) is 49.4 Å². The van der Waals surface area contributed by atoms with Gasteiger partial charge in [-0.15, -0.1) is 10.2 Å². The maximum absolute atomic E-state index is 12.5. The Morgan fingerprint density at radius 2 is 1.73 bits per heavy atom. The van der Waals surface area contributed by atoms with Gasteiger partial charge >= 0.3 is 0 Å². The Labute approximate surface area is 181 Å². The molecule has 0 radical (unpaired) electrons. The zero-order chi connectivity index (χ0) is 20.8. The monoisotopic (exact) mass is 421 g/mol. The Morgan fingerprint density at radius 3 is 2.50 bits per heavy atom. The highest BCUT2D eigenvalue weighted by molar-refractivity contribution is 7.99. The van der Waals surface area contributed by atoms with Crippen LogP contribution in [0.4, 0.5) is 5.69 Å². The fraction of sp³-hybridized carbons (Fsp3) is 0.348. The van der Waals surface area contributed by atoms with Gasteiger partial charge in [-0.05, 0) is 56.6 Å². The molecule has 30 heavy (non-hydrogen) atoms. The number of carbonyl (C=O) groups excluding carboxylic acids is 1. The van der Waals surface area contributed by atoms with Crippen molar-refractivity contribution in [2.24, 2.45) is 0 Å². The minimum Gasteiger partial charge on any atom is -0.325 e. The number of amides is 1. The molecule has 156 valence electrons. The van der Waals surface area contributed by atoms with Crippen molar-refractivity contribution in [1.82, 2.24) is 19.7 Å². The lowest BCUT2D eigenvalue weighted by atomic mass is 10.1. The van der Waals surface area contributed by atoms with Gasteiger partial charge in [-0.25, -0.2) is 0 Å². The normalized spacial score (nSPS) is 14.6. The first-order chi connectivity index (χ1) is 14.7. The van der Waals surface area contributed by atoms with Gasteiger partial charge in [0.2, 0.25) is 5.91 Å². The van der Waals surface area contributed by atoms with Crippen LogP contribution in [0.2, 0.25) is 0 Å². The molecule has 1 saturated heterocycles. The maximum atomic E-state index is 12.5. The highest BCUT2D eigenvalue weighted by Crippen LogP contribution is 2.24. The van der Waals surface area contributed by atoms with Gasteiger partial charge in [0.25, 0.3) is 0 Å². The van der Waals surface area contributed by atoms with Crippen molar-refractivity contribution in [1.29, 1.82) is 0 Å². The minimum absolute atomic E-state index is 0.0468. The number of rotatable bonds is 7. The van der Waals surface area contributed by atoms with Gasteiger partial charge in [-0.3, -0.25) is 14.3 Å². The Kier molecular flexibility index (Phi) is 6.81. The third-order valence-corrected chi connectivity index (χ3v) is 6.21. The second kappa shape index (κ2) is 9.91. The first-order valence-corrected chi connectivity index (χ1v) is 11.4. The van der Waals surface area contributed by atoms with Crippen LogP contribution in [0.15, 0.2) is 59.8 Å². The molecule has 1 aliphatic heterocycles. The highest BCUT2D eigenvalue weighted by Gasteiger charge is 2.19. The van der Waals surface area contributed by atoms with Crippen LogP contribution in [-0.2, 0) is 11.3 Å². The van der Waals surface area contributed by atoms with Crippen LogP contribution in [0.3, 0.4) is 0 Å². The molecule has 1 N–H and O–H groups in total. The average molecular weight is 422 g/mol. The first kappa shape index (κ1) is 20.6. The van der Waals surface area contributed by atoms with E-state index < -0.39 is 0 Å². The summed E-state index contributed by atoms with van der Waals surface area (Å²) in [4.78, 5) is 14.9. The Balaban J connectivity index is 1.49. The molecule has 2 heterocycles. The summed E-state index contributed by atoms with van der Waals surface area (Å²) in [5.74, 6) is 1.16. The molecule has 7 heteroatoms. The molecule has 0 bridgehead atoms. The number of piperidine rings is 1. The first-order valence-electron chi connectivity index (χ1n) is 10.4. The number of nitrogens with zero attached hydrogens (tertiary/aromatic N) is 4. The second-order valence-corrected chi connectivity index (χ2v) is 8.50. The number of thioether (sulfide) groups is 1. The van der Waals surface area contributed by atoms with E-state index in [0.29, 0.717) is 0 Å². The topological polar surface area (TPSA) is 63.1 Å². The third-order valence-electron chi connectivity index (χ3n) is 5.28. The Hall–Kier alpha value is -2.64. The van der Waals surface area contributed by atoms with Gasteiger partial charge in [0.15, 0.2) is 11.0 Å². The molecule has 0 spiro atoms. The smallest absolute Gasteiger partial charge is 0.234 e. The van der Waals surface area contributed by atoms with Crippen molar-refractivity contribution < 1.29 is 4.79 Å². The maximum Gasteiger partial charge on any atom is 0.234 e. The molecule has 2 aromatic carbocycles. The fourth-order valence-corrected chi connectivity index (χ4v) is 4.45. The lowest BCUT2D eigenvalue weighted by Crippen LogP contribution is -2.30. The number of benzene rings is 2. The lowest BCUT2D eigenvalue weighted by molar-refractivity contribution is -0.113. The van der Waals surface area contributed by atoms with Crippen LogP contribution in [0, 0.1) is 6.92 Å². The summed E-state index contributed by atoms with van der Waals surface area (Å²) in [7, 11) is 0. The van der Waals surface area contributed by atoms with Crippen molar-refractivity contribution in [3.8, 4) is 5.69 Å². The van der Waals surface area contributed by atoms with Crippen molar-refractivity contribution in [3.05, 3.63) is 66.0 Å². The summed E-state index contributed by atoms with van der Waals surface area (Å²) >= 11 is 1.42. The quantitative estimate of drug-likeness (QED) is 0.577.